The van der Waals surface area contributed by atoms with Crippen molar-refractivity contribution in [3.63, 3.8) is 0 Å². The molecule has 3 heteroatoms. The molecule has 0 saturated carbocycles. The molecule has 94 valence electrons. The minimum atomic E-state index is 0.436. The molecule has 1 N–H and O–H groups in total. The molecule has 0 spiro atoms. The molecule has 2 aliphatic rings. The number of rotatable bonds is 4. The average molecular weight is 227 g/mol. The van der Waals surface area contributed by atoms with Crippen LogP contribution in [0.1, 0.15) is 33.1 Å². The molecule has 2 aliphatic heterocycles. The van der Waals surface area contributed by atoms with Crippen LogP contribution in [-0.2, 0) is 9.47 Å². The van der Waals surface area contributed by atoms with Gasteiger partial charge >= 0.3 is 0 Å². The molecule has 2 heterocycles. The van der Waals surface area contributed by atoms with E-state index in [1.165, 1.54) is 19.3 Å². The van der Waals surface area contributed by atoms with Crippen molar-refractivity contribution >= 4 is 0 Å². The van der Waals surface area contributed by atoms with Gasteiger partial charge in [0.1, 0.15) is 0 Å². The smallest absolute Gasteiger partial charge is 0.0509 e. The summed E-state index contributed by atoms with van der Waals surface area (Å²) >= 11 is 0. The molecule has 16 heavy (non-hydrogen) atoms. The van der Waals surface area contributed by atoms with E-state index in [2.05, 4.69) is 19.2 Å². The van der Waals surface area contributed by atoms with Crippen molar-refractivity contribution in [3.8, 4) is 0 Å². The summed E-state index contributed by atoms with van der Waals surface area (Å²) in [6, 6.07) is 0.585. The summed E-state index contributed by atoms with van der Waals surface area (Å²) in [5.74, 6) is 0.712. The first kappa shape index (κ1) is 12.3. The Kier molecular flexibility index (Phi) is 4.22. The zero-order valence-electron chi connectivity index (χ0n) is 10.6. The van der Waals surface area contributed by atoms with Crippen LogP contribution in [0.3, 0.4) is 0 Å². The summed E-state index contributed by atoms with van der Waals surface area (Å²) in [5.41, 5.74) is 0.436. The monoisotopic (exact) mass is 227 g/mol. The van der Waals surface area contributed by atoms with Crippen LogP contribution >= 0.6 is 0 Å². The third kappa shape index (κ3) is 3.19. The lowest BCUT2D eigenvalue weighted by molar-refractivity contribution is 0.0221. The maximum Gasteiger partial charge on any atom is 0.0509 e. The number of hydrogen-bond acceptors (Lipinski definition) is 3. The van der Waals surface area contributed by atoms with Gasteiger partial charge in [0.2, 0.25) is 0 Å². The van der Waals surface area contributed by atoms with Gasteiger partial charge in [0, 0.05) is 32.4 Å². The molecule has 0 amide bonds. The lowest BCUT2D eigenvalue weighted by Crippen LogP contribution is -2.43. The van der Waals surface area contributed by atoms with Crippen molar-refractivity contribution in [1.29, 1.82) is 0 Å². The average Bonchev–Trinajstić information content (AvgIpc) is 2.80. The molecule has 2 rings (SSSR count). The number of nitrogens with one attached hydrogen (secondary N) is 1. The highest BCUT2D eigenvalue weighted by atomic mass is 16.5. The van der Waals surface area contributed by atoms with E-state index in [1.54, 1.807) is 0 Å². The Balaban J connectivity index is 1.72. The predicted molar refractivity (Wildman–Crippen MR) is 64.6 cm³/mol. The zero-order valence-corrected chi connectivity index (χ0v) is 10.6. The van der Waals surface area contributed by atoms with Crippen molar-refractivity contribution < 1.29 is 9.47 Å². The van der Waals surface area contributed by atoms with Gasteiger partial charge in [-0.1, -0.05) is 6.92 Å². The van der Waals surface area contributed by atoms with Crippen LogP contribution in [0, 0.1) is 11.3 Å². The summed E-state index contributed by atoms with van der Waals surface area (Å²) in [6.07, 6.45) is 3.59. The van der Waals surface area contributed by atoms with E-state index in [1.807, 2.05) is 0 Å². The molecular weight excluding hydrogens is 202 g/mol. The molecule has 2 atom stereocenters. The molecule has 0 radical (unpaired) electrons. The normalized spacial score (nSPS) is 31.5. The second-order valence-corrected chi connectivity index (χ2v) is 5.72. The number of hydrogen-bond donors (Lipinski definition) is 1. The Morgan fingerprint density at radius 1 is 1.25 bits per heavy atom. The topological polar surface area (TPSA) is 30.5 Å². The van der Waals surface area contributed by atoms with Crippen LogP contribution in [0.15, 0.2) is 0 Å². The van der Waals surface area contributed by atoms with Crippen molar-refractivity contribution in [2.24, 2.45) is 11.3 Å². The van der Waals surface area contributed by atoms with Gasteiger partial charge in [-0.2, -0.15) is 0 Å². The Hall–Kier alpha value is -0.120. The first-order valence-corrected chi connectivity index (χ1v) is 6.58. The van der Waals surface area contributed by atoms with Gasteiger partial charge in [-0.05, 0) is 37.5 Å². The van der Waals surface area contributed by atoms with E-state index in [4.69, 9.17) is 9.47 Å². The maximum atomic E-state index is 5.44. The summed E-state index contributed by atoms with van der Waals surface area (Å²) in [7, 11) is 0. The Bertz CT molecular complexity index is 208. The van der Waals surface area contributed by atoms with E-state index in [-0.39, 0.29) is 0 Å². The van der Waals surface area contributed by atoms with Crippen LogP contribution in [0.25, 0.3) is 0 Å². The first-order chi connectivity index (χ1) is 7.70. The third-order valence-electron chi connectivity index (χ3n) is 4.22. The maximum absolute atomic E-state index is 5.44. The van der Waals surface area contributed by atoms with Gasteiger partial charge in [-0.25, -0.2) is 0 Å². The first-order valence-electron chi connectivity index (χ1n) is 6.58. The largest absolute Gasteiger partial charge is 0.381 e. The molecule has 2 unspecified atom stereocenters. The molecular formula is C13H25NO2. The molecule has 0 aliphatic carbocycles. The van der Waals surface area contributed by atoms with Crippen LogP contribution in [0.2, 0.25) is 0 Å². The summed E-state index contributed by atoms with van der Waals surface area (Å²) in [4.78, 5) is 0. The van der Waals surface area contributed by atoms with Crippen molar-refractivity contribution in [3.05, 3.63) is 0 Å². The van der Waals surface area contributed by atoms with Crippen LogP contribution in [-0.4, -0.2) is 39.0 Å². The summed E-state index contributed by atoms with van der Waals surface area (Å²) < 4.78 is 10.9. The van der Waals surface area contributed by atoms with Gasteiger partial charge in [0.25, 0.3) is 0 Å². The number of ether oxygens (including phenoxy) is 2. The van der Waals surface area contributed by atoms with E-state index >= 15 is 0 Å². The Labute approximate surface area is 98.9 Å². The van der Waals surface area contributed by atoms with E-state index in [9.17, 15) is 0 Å². The fourth-order valence-corrected chi connectivity index (χ4v) is 2.56. The molecule has 2 fully saturated rings. The molecule has 0 aromatic rings. The highest BCUT2D eigenvalue weighted by Gasteiger charge is 2.29. The lowest BCUT2D eigenvalue weighted by Gasteiger charge is -2.35. The molecule has 0 aromatic heterocycles. The summed E-state index contributed by atoms with van der Waals surface area (Å²) in [5, 5.41) is 3.70. The van der Waals surface area contributed by atoms with Gasteiger partial charge < -0.3 is 14.8 Å². The lowest BCUT2D eigenvalue weighted by atomic mass is 9.82. The fourth-order valence-electron chi connectivity index (χ4n) is 2.56. The second kappa shape index (κ2) is 5.48. The Morgan fingerprint density at radius 2 is 2.00 bits per heavy atom. The molecule has 0 bridgehead atoms. The van der Waals surface area contributed by atoms with E-state index in [0.29, 0.717) is 17.4 Å². The highest BCUT2D eigenvalue weighted by Crippen LogP contribution is 2.29. The molecule has 0 aromatic carbocycles. The van der Waals surface area contributed by atoms with E-state index < -0.39 is 0 Å². The standard InChI is InChI=1S/C13H25NO2/c1-11(12-3-6-16-9-12)14-10-13(2)4-7-15-8-5-13/h11-12,14H,3-10H2,1-2H3. The fraction of sp³-hybridized carbons (Fsp3) is 1.00. The van der Waals surface area contributed by atoms with Crippen molar-refractivity contribution in [1.82, 2.24) is 5.32 Å². The van der Waals surface area contributed by atoms with E-state index in [0.717, 1.165) is 33.0 Å². The quantitative estimate of drug-likeness (QED) is 0.794. The Morgan fingerprint density at radius 3 is 2.62 bits per heavy atom. The summed E-state index contributed by atoms with van der Waals surface area (Å²) in [6.45, 7) is 9.53. The van der Waals surface area contributed by atoms with Crippen molar-refractivity contribution in [2.45, 2.75) is 39.2 Å². The molecule has 3 nitrogen and oxygen atoms in total. The van der Waals surface area contributed by atoms with Crippen LogP contribution in [0.4, 0.5) is 0 Å². The van der Waals surface area contributed by atoms with Gasteiger partial charge in [0.15, 0.2) is 0 Å². The SMILES string of the molecule is CC(NCC1(C)CCOCC1)C1CCOC1. The highest BCUT2D eigenvalue weighted by molar-refractivity contribution is 4.83. The van der Waals surface area contributed by atoms with Gasteiger partial charge in [-0.3, -0.25) is 0 Å². The minimum Gasteiger partial charge on any atom is -0.381 e. The minimum absolute atomic E-state index is 0.436. The second-order valence-electron chi connectivity index (χ2n) is 5.72. The van der Waals surface area contributed by atoms with Crippen molar-refractivity contribution in [2.75, 3.05) is 33.0 Å². The van der Waals surface area contributed by atoms with Gasteiger partial charge in [-0.15, -0.1) is 0 Å². The van der Waals surface area contributed by atoms with Crippen LogP contribution < -0.4 is 5.32 Å². The zero-order chi connectivity index (χ0) is 11.4. The predicted octanol–water partition coefficient (Wildman–Crippen LogP) is 1.82. The molecule has 2 saturated heterocycles. The van der Waals surface area contributed by atoms with Gasteiger partial charge in [0.05, 0.1) is 6.61 Å². The van der Waals surface area contributed by atoms with Crippen LogP contribution in [0.5, 0.6) is 0 Å². The third-order valence-corrected chi connectivity index (χ3v) is 4.22.